The lowest BCUT2D eigenvalue weighted by Crippen LogP contribution is -2.52. The van der Waals surface area contributed by atoms with E-state index in [1.54, 1.807) is 0 Å². The second-order valence-electron chi connectivity index (χ2n) is 9.83. The Morgan fingerprint density at radius 2 is 1.64 bits per heavy atom. The average Bonchev–Trinajstić information content (AvgIpc) is 2.77. The predicted molar refractivity (Wildman–Crippen MR) is 129 cm³/mol. The summed E-state index contributed by atoms with van der Waals surface area (Å²) in [6.07, 6.45) is 1.79. The molecule has 0 spiro atoms. The molecule has 0 saturated carbocycles. The number of hydrogen-bond acceptors (Lipinski definition) is 4. The van der Waals surface area contributed by atoms with Crippen molar-refractivity contribution >= 4 is 12.0 Å². The van der Waals surface area contributed by atoms with Crippen molar-refractivity contribution in [3.63, 3.8) is 0 Å². The number of piperidine rings is 1. The molecule has 33 heavy (non-hydrogen) atoms. The Hall–Kier alpha value is -3.02. The molecule has 0 aliphatic carbocycles. The zero-order valence-corrected chi connectivity index (χ0v) is 20.2. The summed E-state index contributed by atoms with van der Waals surface area (Å²) in [7, 11) is 0. The number of rotatable bonds is 7. The van der Waals surface area contributed by atoms with E-state index in [4.69, 9.17) is 9.47 Å². The van der Waals surface area contributed by atoms with Gasteiger partial charge in [-0.05, 0) is 62.8 Å². The minimum Gasteiger partial charge on any atom is -0.489 e. The first-order valence-corrected chi connectivity index (χ1v) is 11.7. The first-order valence-electron chi connectivity index (χ1n) is 11.7. The molecule has 178 valence electrons. The number of nitrogens with zero attached hydrogens (tertiary/aromatic N) is 1. The molecule has 2 aromatic carbocycles. The molecule has 1 heterocycles. The molecule has 1 fully saturated rings. The van der Waals surface area contributed by atoms with Crippen LogP contribution in [0, 0.1) is 5.92 Å². The van der Waals surface area contributed by atoms with E-state index in [0.29, 0.717) is 18.9 Å². The number of benzene rings is 2. The van der Waals surface area contributed by atoms with Gasteiger partial charge in [0.2, 0.25) is 5.91 Å². The molecule has 1 saturated heterocycles. The fraction of sp³-hybridized carbons (Fsp3) is 0.481. The Kier molecular flexibility index (Phi) is 8.37. The summed E-state index contributed by atoms with van der Waals surface area (Å²) in [5.41, 5.74) is 1.42. The van der Waals surface area contributed by atoms with Gasteiger partial charge in [0.25, 0.3) is 0 Å². The minimum absolute atomic E-state index is 0.0582. The van der Waals surface area contributed by atoms with Gasteiger partial charge in [-0.3, -0.25) is 4.79 Å². The lowest BCUT2D eigenvalue weighted by molar-refractivity contribution is -0.134. The van der Waals surface area contributed by atoms with Crippen molar-refractivity contribution in [1.29, 1.82) is 0 Å². The Morgan fingerprint density at radius 1 is 1.00 bits per heavy atom. The molecular formula is C27H36N2O4. The topological polar surface area (TPSA) is 67.9 Å². The van der Waals surface area contributed by atoms with Crippen molar-refractivity contribution < 1.29 is 19.1 Å². The lowest BCUT2D eigenvalue weighted by Gasteiger charge is -2.33. The molecular weight excluding hydrogens is 416 g/mol. The largest absolute Gasteiger partial charge is 0.489 e. The van der Waals surface area contributed by atoms with Crippen LogP contribution in [0.5, 0.6) is 5.75 Å². The quantitative estimate of drug-likeness (QED) is 0.645. The molecule has 1 N–H and O–H groups in total. The van der Waals surface area contributed by atoms with Gasteiger partial charge >= 0.3 is 6.09 Å². The Morgan fingerprint density at radius 3 is 2.24 bits per heavy atom. The van der Waals surface area contributed by atoms with Gasteiger partial charge in [-0.15, -0.1) is 0 Å². The van der Waals surface area contributed by atoms with Gasteiger partial charge in [-0.2, -0.15) is 0 Å². The number of nitrogens with one attached hydrogen (secondary N) is 1. The fourth-order valence-electron chi connectivity index (χ4n) is 3.80. The van der Waals surface area contributed by atoms with Gasteiger partial charge in [0.1, 0.15) is 24.0 Å². The normalized spacial score (nSPS) is 15.6. The van der Waals surface area contributed by atoms with Crippen LogP contribution in [0.25, 0.3) is 0 Å². The summed E-state index contributed by atoms with van der Waals surface area (Å²) in [6.45, 7) is 9.57. The maximum absolute atomic E-state index is 13.3. The number of likely N-dealkylation sites (tertiary alicyclic amines) is 1. The van der Waals surface area contributed by atoms with Crippen LogP contribution >= 0.6 is 0 Å². The number of alkyl carbamates (subject to hydrolysis) is 1. The second kappa shape index (κ2) is 11.2. The maximum atomic E-state index is 13.3. The van der Waals surface area contributed by atoms with Crippen LogP contribution in [0.3, 0.4) is 0 Å². The average molecular weight is 453 g/mol. The monoisotopic (exact) mass is 452 g/mol. The SMILES string of the molecule is CC1CCN(C(=O)[C@H](Cc2ccc(OCc3ccccc3)cc2)NC(=O)OC(C)(C)C)CC1. The zero-order chi connectivity index (χ0) is 23.8. The summed E-state index contributed by atoms with van der Waals surface area (Å²) in [5, 5.41) is 2.81. The minimum atomic E-state index is -0.677. The molecule has 1 aliphatic rings. The zero-order valence-electron chi connectivity index (χ0n) is 20.2. The van der Waals surface area contributed by atoms with Gasteiger partial charge in [0, 0.05) is 19.5 Å². The van der Waals surface area contributed by atoms with Gasteiger partial charge < -0.3 is 19.7 Å². The van der Waals surface area contributed by atoms with E-state index in [9.17, 15) is 9.59 Å². The number of amides is 2. The van der Waals surface area contributed by atoms with Gasteiger partial charge in [0.05, 0.1) is 0 Å². The van der Waals surface area contributed by atoms with Crippen LogP contribution in [-0.4, -0.2) is 41.6 Å². The third-order valence-electron chi connectivity index (χ3n) is 5.70. The van der Waals surface area contributed by atoms with Crippen molar-refractivity contribution in [2.24, 2.45) is 5.92 Å². The van der Waals surface area contributed by atoms with Crippen LogP contribution in [0.2, 0.25) is 0 Å². The smallest absolute Gasteiger partial charge is 0.408 e. The lowest BCUT2D eigenvalue weighted by atomic mass is 9.97. The molecule has 6 heteroatoms. The van der Waals surface area contributed by atoms with Crippen LogP contribution in [0.4, 0.5) is 4.79 Å². The van der Waals surface area contributed by atoms with Crippen molar-refractivity contribution in [1.82, 2.24) is 10.2 Å². The van der Waals surface area contributed by atoms with E-state index in [-0.39, 0.29) is 5.91 Å². The van der Waals surface area contributed by atoms with E-state index < -0.39 is 17.7 Å². The predicted octanol–water partition coefficient (Wildman–Crippen LogP) is 4.96. The fourth-order valence-corrected chi connectivity index (χ4v) is 3.80. The van der Waals surface area contributed by atoms with E-state index in [1.807, 2.05) is 80.3 Å². The van der Waals surface area contributed by atoms with Crippen LogP contribution in [-0.2, 0) is 22.6 Å². The maximum Gasteiger partial charge on any atom is 0.408 e. The van der Waals surface area contributed by atoms with Gasteiger partial charge in [-0.1, -0.05) is 49.4 Å². The molecule has 1 atom stereocenters. The van der Waals surface area contributed by atoms with Crippen LogP contribution in [0.15, 0.2) is 54.6 Å². The third kappa shape index (κ3) is 8.12. The Balaban J connectivity index is 1.65. The highest BCUT2D eigenvalue weighted by Crippen LogP contribution is 2.19. The van der Waals surface area contributed by atoms with Crippen molar-refractivity contribution in [2.75, 3.05) is 13.1 Å². The van der Waals surface area contributed by atoms with E-state index in [2.05, 4.69) is 12.2 Å². The van der Waals surface area contributed by atoms with Crippen molar-refractivity contribution in [2.45, 2.75) is 65.2 Å². The third-order valence-corrected chi connectivity index (χ3v) is 5.70. The Labute approximate surface area is 197 Å². The summed E-state index contributed by atoms with van der Waals surface area (Å²) >= 11 is 0. The number of hydrogen-bond donors (Lipinski definition) is 1. The highest BCUT2D eigenvalue weighted by molar-refractivity contribution is 5.86. The van der Waals surface area contributed by atoms with Gasteiger partial charge in [0.15, 0.2) is 0 Å². The second-order valence-corrected chi connectivity index (χ2v) is 9.83. The number of ether oxygens (including phenoxy) is 2. The molecule has 0 bridgehead atoms. The molecule has 6 nitrogen and oxygen atoms in total. The molecule has 0 unspecified atom stereocenters. The summed E-state index contributed by atoms with van der Waals surface area (Å²) in [6, 6.07) is 17.0. The first-order chi connectivity index (χ1) is 15.7. The number of carbonyl (C=O) groups excluding carboxylic acids is 2. The molecule has 2 aromatic rings. The Bertz CT molecular complexity index is 898. The van der Waals surface area contributed by atoms with E-state index in [0.717, 1.165) is 42.8 Å². The molecule has 3 rings (SSSR count). The highest BCUT2D eigenvalue weighted by atomic mass is 16.6. The molecule has 0 aromatic heterocycles. The summed E-state index contributed by atoms with van der Waals surface area (Å²) < 4.78 is 11.3. The molecule has 0 radical (unpaired) electrons. The van der Waals surface area contributed by atoms with Crippen LogP contribution < -0.4 is 10.1 Å². The van der Waals surface area contributed by atoms with Crippen molar-refractivity contribution in [3.8, 4) is 5.75 Å². The molecule has 2 amide bonds. The van der Waals surface area contributed by atoms with E-state index in [1.165, 1.54) is 0 Å². The van der Waals surface area contributed by atoms with Gasteiger partial charge in [-0.25, -0.2) is 4.79 Å². The van der Waals surface area contributed by atoms with Crippen molar-refractivity contribution in [3.05, 3.63) is 65.7 Å². The molecule has 1 aliphatic heterocycles. The first kappa shape index (κ1) is 24.6. The summed E-state index contributed by atoms with van der Waals surface area (Å²) in [4.78, 5) is 27.6. The summed E-state index contributed by atoms with van der Waals surface area (Å²) in [5.74, 6) is 1.32. The highest BCUT2D eigenvalue weighted by Gasteiger charge is 2.30. The van der Waals surface area contributed by atoms with Crippen LogP contribution in [0.1, 0.15) is 51.7 Å². The number of carbonyl (C=O) groups is 2. The standard InChI is InChI=1S/C27H36N2O4/c1-20-14-16-29(17-15-20)25(30)24(28-26(31)33-27(2,3)4)18-21-10-12-23(13-11-21)32-19-22-8-6-5-7-9-22/h5-13,20,24H,14-19H2,1-4H3,(H,28,31)/t24-/m0/s1. The van der Waals surface area contributed by atoms with E-state index >= 15 is 0 Å².